The van der Waals surface area contributed by atoms with Crippen molar-refractivity contribution < 1.29 is 4.79 Å². The Balaban J connectivity index is 1.58. The number of fused-ring (bicyclic) bond motifs is 1. The van der Waals surface area contributed by atoms with E-state index in [0.717, 1.165) is 33.6 Å². The number of hydrogen-bond donors (Lipinski definition) is 1. The highest BCUT2D eigenvalue weighted by Gasteiger charge is 2.34. The van der Waals surface area contributed by atoms with Crippen molar-refractivity contribution in [3.05, 3.63) is 87.5 Å². The fourth-order valence-electron chi connectivity index (χ4n) is 4.49. The Labute approximate surface area is 180 Å². The molecule has 0 saturated carbocycles. The third-order valence-electron chi connectivity index (χ3n) is 6.29. The lowest BCUT2D eigenvalue weighted by atomic mass is 10.0. The average Bonchev–Trinajstić information content (AvgIpc) is 3.30. The van der Waals surface area contributed by atoms with Gasteiger partial charge in [0.2, 0.25) is 5.91 Å². The van der Waals surface area contributed by atoms with E-state index in [1.807, 2.05) is 74.2 Å². The SMILES string of the molecule is Cc1cccc(N2CC(c3cc(=O)n4[nH]c(C)c(-c5ccccc5)c4n3)CC2=O)c1C. The van der Waals surface area contributed by atoms with Crippen LogP contribution in [0, 0.1) is 20.8 Å². The van der Waals surface area contributed by atoms with Crippen LogP contribution in [0.2, 0.25) is 0 Å². The topological polar surface area (TPSA) is 70.5 Å². The molecule has 1 atom stereocenters. The minimum atomic E-state index is -0.164. The number of carbonyl (C=O) groups excluding carboxylic acids is 1. The van der Waals surface area contributed by atoms with E-state index in [1.54, 1.807) is 6.07 Å². The van der Waals surface area contributed by atoms with Gasteiger partial charge in [0.15, 0.2) is 5.65 Å². The fourth-order valence-corrected chi connectivity index (χ4v) is 4.49. The molecule has 6 heteroatoms. The Kier molecular flexibility index (Phi) is 4.50. The lowest BCUT2D eigenvalue weighted by Crippen LogP contribution is -2.25. The van der Waals surface area contributed by atoms with Gasteiger partial charge in [-0.15, -0.1) is 0 Å². The summed E-state index contributed by atoms with van der Waals surface area (Å²) in [5.41, 5.74) is 7.10. The van der Waals surface area contributed by atoms with E-state index in [-0.39, 0.29) is 17.4 Å². The minimum Gasteiger partial charge on any atom is -0.311 e. The maximum atomic E-state index is 12.9. The van der Waals surface area contributed by atoms with Crippen LogP contribution in [0.4, 0.5) is 5.69 Å². The van der Waals surface area contributed by atoms with Gasteiger partial charge in [0.05, 0.1) is 5.69 Å². The van der Waals surface area contributed by atoms with E-state index in [0.29, 0.717) is 24.3 Å². The Morgan fingerprint density at radius 1 is 1.00 bits per heavy atom. The van der Waals surface area contributed by atoms with Gasteiger partial charge in [0.1, 0.15) is 0 Å². The molecule has 3 heterocycles. The number of rotatable bonds is 3. The van der Waals surface area contributed by atoms with Crippen molar-refractivity contribution >= 4 is 17.2 Å². The molecule has 1 aliphatic heterocycles. The van der Waals surface area contributed by atoms with Crippen molar-refractivity contribution in [3.8, 4) is 11.1 Å². The van der Waals surface area contributed by atoms with E-state index in [4.69, 9.17) is 4.98 Å². The molecular formula is C25H24N4O2. The molecule has 1 saturated heterocycles. The quantitative estimate of drug-likeness (QED) is 0.550. The summed E-state index contributed by atoms with van der Waals surface area (Å²) in [7, 11) is 0. The van der Waals surface area contributed by atoms with Crippen molar-refractivity contribution in [1.82, 2.24) is 14.6 Å². The van der Waals surface area contributed by atoms with Gasteiger partial charge in [0.25, 0.3) is 5.56 Å². The van der Waals surface area contributed by atoms with Crippen LogP contribution in [-0.2, 0) is 4.79 Å². The standard InChI is InChI=1S/C25H24N4O2/c1-15-8-7-11-21(16(15)2)28-14-19(12-22(28)30)20-13-23(31)29-25(26-20)24(17(3)27-29)18-9-5-4-6-10-18/h4-11,13,19,27H,12,14H2,1-3H3. The number of aromatic nitrogens is 3. The zero-order chi connectivity index (χ0) is 21.7. The smallest absolute Gasteiger partial charge is 0.272 e. The maximum Gasteiger partial charge on any atom is 0.272 e. The van der Waals surface area contributed by atoms with Gasteiger partial charge in [-0.3, -0.25) is 14.7 Å². The normalized spacial score (nSPS) is 16.4. The summed E-state index contributed by atoms with van der Waals surface area (Å²) in [5.74, 6) is -0.0572. The summed E-state index contributed by atoms with van der Waals surface area (Å²) in [5, 5.41) is 3.13. The van der Waals surface area contributed by atoms with Gasteiger partial charge in [0, 0.05) is 41.9 Å². The summed E-state index contributed by atoms with van der Waals surface area (Å²) < 4.78 is 1.49. The van der Waals surface area contributed by atoms with Gasteiger partial charge >= 0.3 is 0 Å². The number of anilines is 1. The van der Waals surface area contributed by atoms with E-state index in [9.17, 15) is 9.59 Å². The monoisotopic (exact) mass is 412 g/mol. The first kappa shape index (κ1) is 19.3. The number of hydrogen-bond acceptors (Lipinski definition) is 3. The Hall–Kier alpha value is -3.67. The molecule has 6 nitrogen and oxygen atoms in total. The number of carbonyl (C=O) groups is 1. The molecule has 1 aliphatic rings. The molecule has 2 aromatic carbocycles. The zero-order valence-corrected chi connectivity index (χ0v) is 17.8. The van der Waals surface area contributed by atoms with Crippen LogP contribution in [-0.4, -0.2) is 27.0 Å². The Morgan fingerprint density at radius 3 is 2.55 bits per heavy atom. The number of nitrogens with one attached hydrogen (secondary N) is 1. The second kappa shape index (κ2) is 7.23. The van der Waals surface area contributed by atoms with Gasteiger partial charge in [-0.1, -0.05) is 42.5 Å². The molecule has 31 heavy (non-hydrogen) atoms. The first-order valence-electron chi connectivity index (χ1n) is 10.5. The molecule has 1 unspecified atom stereocenters. The van der Waals surface area contributed by atoms with Gasteiger partial charge < -0.3 is 4.90 Å². The summed E-state index contributed by atoms with van der Waals surface area (Å²) in [6.45, 7) is 6.55. The third-order valence-corrected chi connectivity index (χ3v) is 6.29. The molecule has 0 spiro atoms. The third kappa shape index (κ3) is 3.15. The molecule has 4 aromatic rings. The Bertz CT molecular complexity index is 1370. The largest absolute Gasteiger partial charge is 0.311 e. The predicted octanol–water partition coefficient (Wildman–Crippen LogP) is 4.14. The molecule has 5 rings (SSSR count). The highest BCUT2D eigenvalue weighted by atomic mass is 16.2. The van der Waals surface area contributed by atoms with Crippen LogP contribution in [0.3, 0.4) is 0 Å². The molecule has 0 aliphatic carbocycles. The van der Waals surface area contributed by atoms with Crippen LogP contribution in [0.1, 0.15) is 34.9 Å². The van der Waals surface area contributed by atoms with Gasteiger partial charge in [-0.05, 0) is 43.5 Å². The number of benzene rings is 2. The number of aromatic amines is 1. The second-order valence-electron chi connectivity index (χ2n) is 8.28. The number of H-pyrrole nitrogens is 1. The first-order chi connectivity index (χ1) is 14.9. The number of amides is 1. The number of nitrogens with zero attached hydrogens (tertiary/aromatic N) is 3. The van der Waals surface area contributed by atoms with Crippen molar-refractivity contribution in [1.29, 1.82) is 0 Å². The molecular weight excluding hydrogens is 388 g/mol. The van der Waals surface area contributed by atoms with Crippen molar-refractivity contribution in [3.63, 3.8) is 0 Å². The van der Waals surface area contributed by atoms with Crippen molar-refractivity contribution in [2.24, 2.45) is 0 Å². The lowest BCUT2D eigenvalue weighted by molar-refractivity contribution is -0.117. The maximum absolute atomic E-state index is 12.9. The first-order valence-corrected chi connectivity index (χ1v) is 10.5. The second-order valence-corrected chi connectivity index (χ2v) is 8.28. The van der Waals surface area contributed by atoms with Crippen molar-refractivity contribution in [2.75, 3.05) is 11.4 Å². The highest BCUT2D eigenvalue weighted by Crippen LogP contribution is 2.34. The van der Waals surface area contributed by atoms with Crippen molar-refractivity contribution in [2.45, 2.75) is 33.1 Å². The molecule has 0 bridgehead atoms. The van der Waals surface area contributed by atoms with E-state index in [1.165, 1.54) is 4.52 Å². The zero-order valence-electron chi connectivity index (χ0n) is 17.8. The molecule has 2 aromatic heterocycles. The highest BCUT2D eigenvalue weighted by molar-refractivity contribution is 5.97. The molecule has 1 N–H and O–H groups in total. The molecule has 1 fully saturated rings. The fraction of sp³-hybridized carbons (Fsp3) is 0.240. The van der Waals surface area contributed by atoms with E-state index >= 15 is 0 Å². The summed E-state index contributed by atoms with van der Waals surface area (Å²) in [6.07, 6.45) is 0.347. The molecule has 156 valence electrons. The average molecular weight is 412 g/mol. The van der Waals surface area contributed by atoms with Gasteiger partial charge in [-0.25, -0.2) is 9.50 Å². The molecule has 0 radical (unpaired) electrons. The summed E-state index contributed by atoms with van der Waals surface area (Å²) >= 11 is 0. The predicted molar refractivity (Wildman–Crippen MR) is 122 cm³/mol. The van der Waals surface area contributed by atoms with Crippen LogP contribution >= 0.6 is 0 Å². The minimum absolute atomic E-state index is 0.0641. The van der Waals surface area contributed by atoms with E-state index in [2.05, 4.69) is 5.10 Å². The van der Waals surface area contributed by atoms with Crippen LogP contribution in [0.15, 0.2) is 59.4 Å². The Morgan fingerprint density at radius 2 is 1.77 bits per heavy atom. The van der Waals surface area contributed by atoms with Crippen LogP contribution < -0.4 is 10.5 Å². The van der Waals surface area contributed by atoms with Crippen LogP contribution in [0.5, 0.6) is 0 Å². The lowest BCUT2D eigenvalue weighted by Gasteiger charge is -2.20. The summed E-state index contributed by atoms with van der Waals surface area (Å²) in [6, 6.07) is 17.5. The van der Waals surface area contributed by atoms with E-state index < -0.39 is 0 Å². The molecule has 1 amide bonds. The van der Waals surface area contributed by atoms with Crippen LogP contribution in [0.25, 0.3) is 16.8 Å². The van der Waals surface area contributed by atoms with Gasteiger partial charge in [-0.2, -0.15) is 0 Å². The number of aryl methyl sites for hydroxylation is 2. The summed E-state index contributed by atoms with van der Waals surface area (Å²) in [4.78, 5) is 32.5.